The number of carbonyl (C=O) groups is 2. The summed E-state index contributed by atoms with van der Waals surface area (Å²) in [5, 5.41) is -0.408. The summed E-state index contributed by atoms with van der Waals surface area (Å²) < 4.78 is 22.6. The van der Waals surface area contributed by atoms with E-state index in [4.69, 9.17) is 18.9 Å². The number of methoxy groups -OCH3 is 3. The number of rotatable bonds is 11. The molecule has 42 heavy (non-hydrogen) atoms. The van der Waals surface area contributed by atoms with Crippen molar-refractivity contribution in [3.05, 3.63) is 77.9 Å². The van der Waals surface area contributed by atoms with E-state index >= 15 is 0 Å². The lowest BCUT2D eigenvalue weighted by Crippen LogP contribution is -3.00. The van der Waals surface area contributed by atoms with E-state index in [-0.39, 0.29) is 29.9 Å². The molecule has 8 nitrogen and oxygen atoms in total. The molecule has 0 spiro atoms. The Kier molecular flexibility index (Phi) is 12.0. The van der Waals surface area contributed by atoms with Gasteiger partial charge in [0.15, 0.2) is 6.10 Å². The first kappa shape index (κ1) is 33.5. The normalized spacial score (nSPS) is 16.5. The molecule has 1 aliphatic heterocycles. The Hall–Kier alpha value is -2.96. The second kappa shape index (κ2) is 15.0. The number of carbonyl (C=O) groups excluding carboxylic acids is 2. The average Bonchev–Trinajstić information content (AvgIpc) is 3.08. The Balaban J connectivity index is 0.00000484. The van der Waals surface area contributed by atoms with E-state index in [1.165, 1.54) is 6.92 Å². The van der Waals surface area contributed by atoms with Crippen LogP contribution >= 0.6 is 11.8 Å². The molecule has 0 N–H and O–H groups in total. The van der Waals surface area contributed by atoms with Gasteiger partial charge in [0.1, 0.15) is 17.2 Å². The molecule has 1 heterocycles. The lowest BCUT2D eigenvalue weighted by Gasteiger charge is -2.34. The third-order valence-electron chi connectivity index (χ3n) is 7.28. The number of hydrogen-bond acceptors (Lipinski definition) is 7. The number of anilines is 1. The zero-order chi connectivity index (χ0) is 29.6. The Morgan fingerprint density at radius 1 is 0.881 bits per heavy atom. The smallest absolute Gasteiger partial charge is 0.303 e. The van der Waals surface area contributed by atoms with Gasteiger partial charge in [-0.3, -0.25) is 9.59 Å². The van der Waals surface area contributed by atoms with Gasteiger partial charge in [0, 0.05) is 24.3 Å². The molecule has 0 aromatic heterocycles. The van der Waals surface area contributed by atoms with Crippen LogP contribution in [0.4, 0.5) is 5.69 Å². The van der Waals surface area contributed by atoms with Gasteiger partial charge in [-0.25, -0.2) is 0 Å². The van der Waals surface area contributed by atoms with Crippen molar-refractivity contribution in [2.45, 2.75) is 29.6 Å². The van der Waals surface area contributed by atoms with Crippen LogP contribution in [0.25, 0.3) is 0 Å². The summed E-state index contributed by atoms with van der Waals surface area (Å²) in [7, 11) is 9.22. The highest BCUT2D eigenvalue weighted by atomic mass is 127. The maximum Gasteiger partial charge on any atom is 0.303 e. The first-order chi connectivity index (χ1) is 19.6. The summed E-state index contributed by atoms with van der Waals surface area (Å²) in [6, 6.07) is 21.4. The molecule has 0 radical (unpaired) electrons. The number of thioether (sulfide) groups is 1. The second-order valence-electron chi connectivity index (χ2n) is 10.7. The number of hydrogen-bond donors (Lipinski definition) is 0. The maximum atomic E-state index is 14.2. The van der Waals surface area contributed by atoms with Gasteiger partial charge in [0.25, 0.3) is 5.91 Å². The number of para-hydroxylation sites is 1. The van der Waals surface area contributed by atoms with Gasteiger partial charge in [-0.05, 0) is 47.5 Å². The number of esters is 1. The average molecular weight is 707 g/mol. The molecule has 1 amide bonds. The lowest BCUT2D eigenvalue weighted by molar-refractivity contribution is -0.888. The van der Waals surface area contributed by atoms with Gasteiger partial charge in [-0.2, -0.15) is 0 Å². The van der Waals surface area contributed by atoms with Crippen molar-refractivity contribution < 1.29 is 57.0 Å². The van der Waals surface area contributed by atoms with Crippen molar-refractivity contribution >= 4 is 29.3 Å². The Labute approximate surface area is 269 Å². The molecule has 0 bridgehead atoms. The number of benzene rings is 3. The van der Waals surface area contributed by atoms with Crippen LogP contribution in [0.1, 0.15) is 23.3 Å². The van der Waals surface area contributed by atoms with Gasteiger partial charge in [0.05, 0.1) is 66.0 Å². The molecule has 2 unspecified atom stereocenters. The maximum absolute atomic E-state index is 14.2. The van der Waals surface area contributed by atoms with E-state index in [0.717, 1.165) is 51.9 Å². The Morgan fingerprint density at radius 2 is 1.50 bits per heavy atom. The van der Waals surface area contributed by atoms with E-state index in [1.54, 1.807) is 38.0 Å². The summed E-state index contributed by atoms with van der Waals surface area (Å²) >= 11 is 1.54. The van der Waals surface area contributed by atoms with E-state index < -0.39 is 17.3 Å². The zero-order valence-corrected chi connectivity index (χ0v) is 27.9. The van der Waals surface area contributed by atoms with Crippen LogP contribution in [-0.2, 0) is 20.7 Å². The molecule has 3 aromatic carbocycles. The summed E-state index contributed by atoms with van der Waals surface area (Å²) in [6.45, 7) is 3.36. The number of ether oxygens (including phenoxy) is 4. The molecule has 2 atom stereocenters. The van der Waals surface area contributed by atoms with Crippen molar-refractivity contribution in [3.63, 3.8) is 0 Å². The third kappa shape index (κ3) is 8.32. The fourth-order valence-electron chi connectivity index (χ4n) is 4.86. The lowest BCUT2D eigenvalue weighted by atomic mass is 10.1. The van der Waals surface area contributed by atoms with Crippen molar-refractivity contribution in [2.24, 2.45) is 0 Å². The highest BCUT2D eigenvalue weighted by Gasteiger charge is 2.41. The molecule has 0 fully saturated rings. The van der Waals surface area contributed by atoms with Crippen LogP contribution in [0.3, 0.4) is 0 Å². The van der Waals surface area contributed by atoms with Gasteiger partial charge in [-0.15, -0.1) is 11.8 Å². The minimum atomic E-state index is -0.974. The zero-order valence-electron chi connectivity index (χ0n) is 25.0. The summed E-state index contributed by atoms with van der Waals surface area (Å²) in [5.74, 6) is 1.53. The fraction of sp³-hybridized carbons (Fsp3) is 0.375. The molecule has 4 rings (SSSR count). The first-order valence-electron chi connectivity index (χ1n) is 13.6. The quantitative estimate of drug-likeness (QED) is 0.172. The molecule has 0 aliphatic carbocycles. The number of likely N-dealkylation sites (N-methyl/N-ethyl adjacent to an activating group) is 1. The van der Waals surface area contributed by atoms with Gasteiger partial charge >= 0.3 is 5.97 Å². The molecule has 0 saturated carbocycles. The van der Waals surface area contributed by atoms with Crippen molar-refractivity contribution in [1.29, 1.82) is 0 Å². The van der Waals surface area contributed by atoms with Crippen LogP contribution in [0.5, 0.6) is 17.2 Å². The SMILES string of the molecule is COc1ccc(C2Sc3ccccc3N(CC[N+](C)(C)CCc3cc(OC)cc(OC)c3)C(=O)C2OC(C)=O)cc1.[I-]. The van der Waals surface area contributed by atoms with Crippen LogP contribution < -0.4 is 43.1 Å². The molecular formula is C32H39IN2O6S. The molecular weight excluding hydrogens is 667 g/mol. The second-order valence-corrected chi connectivity index (χ2v) is 11.8. The summed E-state index contributed by atoms with van der Waals surface area (Å²) in [5.41, 5.74) is 2.84. The summed E-state index contributed by atoms with van der Waals surface area (Å²) in [6.07, 6.45) is -0.158. The highest BCUT2D eigenvalue weighted by Crippen LogP contribution is 2.47. The van der Waals surface area contributed by atoms with Crippen LogP contribution in [0, 0.1) is 0 Å². The van der Waals surface area contributed by atoms with Crippen LogP contribution in [-0.4, -0.2) is 77.5 Å². The first-order valence-corrected chi connectivity index (χ1v) is 14.4. The largest absolute Gasteiger partial charge is 1.00 e. The minimum Gasteiger partial charge on any atom is -1.00 e. The molecule has 226 valence electrons. The standard InChI is InChI=1S/C32H39N2O6S.HI/c1-22(35)40-30-31(24-11-13-25(37-4)14-12-24)41-29-10-8-7-9-28(29)33(32(30)36)16-18-34(2,3)17-15-23-19-26(38-5)21-27(20-23)39-6;/h7-14,19-21,30-31H,15-18H2,1-6H3;1H/q+1;/p-1. The monoisotopic (exact) mass is 706 g/mol. The third-order valence-corrected chi connectivity index (χ3v) is 8.65. The van der Waals surface area contributed by atoms with Crippen molar-refractivity contribution in [3.8, 4) is 17.2 Å². The van der Waals surface area contributed by atoms with Crippen LogP contribution in [0.2, 0.25) is 0 Å². The molecule has 3 aromatic rings. The fourth-order valence-corrected chi connectivity index (χ4v) is 6.18. The minimum absolute atomic E-state index is 0. The van der Waals surface area contributed by atoms with Gasteiger partial charge in [0.2, 0.25) is 0 Å². The van der Waals surface area contributed by atoms with E-state index in [1.807, 2.05) is 66.7 Å². The van der Waals surface area contributed by atoms with Crippen molar-refractivity contribution in [1.82, 2.24) is 0 Å². The van der Waals surface area contributed by atoms with E-state index in [0.29, 0.717) is 17.6 Å². The topological polar surface area (TPSA) is 74.3 Å². The Bertz CT molecular complexity index is 1350. The van der Waals surface area contributed by atoms with E-state index in [2.05, 4.69) is 14.1 Å². The van der Waals surface area contributed by atoms with Crippen molar-refractivity contribution in [2.75, 3.05) is 60.0 Å². The van der Waals surface area contributed by atoms with Gasteiger partial charge in [-0.1, -0.05) is 24.3 Å². The summed E-state index contributed by atoms with van der Waals surface area (Å²) in [4.78, 5) is 29.1. The number of halogens is 1. The highest BCUT2D eigenvalue weighted by molar-refractivity contribution is 7.99. The number of fused-ring (bicyclic) bond motifs is 1. The van der Waals surface area contributed by atoms with Gasteiger partial charge < -0.3 is 52.3 Å². The number of quaternary nitrogens is 1. The predicted octanol–water partition coefficient (Wildman–Crippen LogP) is 2.15. The predicted molar refractivity (Wildman–Crippen MR) is 161 cm³/mol. The van der Waals surface area contributed by atoms with Crippen LogP contribution in [0.15, 0.2) is 71.6 Å². The number of nitrogens with zero attached hydrogens (tertiary/aromatic N) is 2. The molecule has 10 heteroatoms. The molecule has 1 aliphatic rings. The van der Waals surface area contributed by atoms with E-state index in [9.17, 15) is 9.59 Å². The Morgan fingerprint density at radius 3 is 2.10 bits per heavy atom. The number of amides is 1. The molecule has 0 saturated heterocycles.